The van der Waals surface area contributed by atoms with E-state index in [4.69, 9.17) is 39.5 Å². The number of H-pyrrole nitrogens is 1. The molecule has 0 aliphatic carbocycles. The number of sulfonamides is 1. The van der Waals surface area contributed by atoms with E-state index < -0.39 is 19.7 Å². The summed E-state index contributed by atoms with van der Waals surface area (Å²) in [5, 5.41) is 0.783. The number of alkyl halides is 3. The molecule has 3 heterocycles. The second kappa shape index (κ2) is 9.81. The predicted octanol–water partition coefficient (Wildman–Crippen LogP) is 4.08. The molecule has 1 saturated heterocycles. The lowest BCUT2D eigenvalue weighted by molar-refractivity contribution is -0.130. The van der Waals surface area contributed by atoms with E-state index in [1.807, 2.05) is 4.90 Å². The Morgan fingerprint density at radius 2 is 1.78 bits per heavy atom. The third kappa shape index (κ3) is 4.97. The lowest BCUT2D eigenvalue weighted by Gasteiger charge is -2.37. The highest BCUT2D eigenvalue weighted by Crippen LogP contribution is 2.36. The minimum absolute atomic E-state index is 0.133. The maximum atomic E-state index is 13.8. The molecule has 2 aliphatic heterocycles. The average Bonchev–Trinajstić information content (AvgIpc) is 3.24. The Bertz CT molecular complexity index is 1470. The van der Waals surface area contributed by atoms with E-state index >= 15 is 0 Å². The lowest BCUT2D eigenvalue weighted by Crippen LogP contribution is -2.51. The molecule has 13 heteroatoms. The Kier molecular flexibility index (Phi) is 6.99. The maximum absolute atomic E-state index is 13.8. The van der Waals surface area contributed by atoms with Crippen LogP contribution < -0.4 is 9.64 Å². The number of nitrogens with zero attached hydrogens (tertiary/aromatic N) is 3. The molecule has 2 aromatic carbocycles. The first-order valence-electron chi connectivity index (χ1n) is 11.6. The van der Waals surface area contributed by atoms with Crippen molar-refractivity contribution in [2.45, 2.75) is 21.7 Å². The topological polar surface area (TPSA) is 85.9 Å². The fraction of sp³-hybridized carbons (Fsp3) is 0.375. The van der Waals surface area contributed by atoms with Gasteiger partial charge in [0.1, 0.15) is 11.6 Å². The smallest absolute Gasteiger partial charge is 0.274 e. The van der Waals surface area contributed by atoms with E-state index in [2.05, 4.69) is 4.98 Å². The Labute approximate surface area is 228 Å². The van der Waals surface area contributed by atoms with Gasteiger partial charge in [-0.2, -0.15) is 4.31 Å². The van der Waals surface area contributed by atoms with Crippen LogP contribution in [0, 0.1) is 5.82 Å². The first-order valence-corrected chi connectivity index (χ1v) is 14.1. The Morgan fingerprint density at radius 3 is 2.46 bits per heavy atom. The summed E-state index contributed by atoms with van der Waals surface area (Å²) in [6, 6.07) is 9.27. The molecule has 0 spiro atoms. The molecule has 37 heavy (non-hydrogen) atoms. The van der Waals surface area contributed by atoms with Crippen molar-refractivity contribution in [3.05, 3.63) is 53.5 Å². The molecule has 1 aromatic heterocycles. The van der Waals surface area contributed by atoms with E-state index in [0.717, 1.165) is 22.2 Å². The second-order valence-corrected chi connectivity index (χ2v) is 13.2. The van der Waals surface area contributed by atoms with Crippen LogP contribution in [0.15, 0.2) is 41.3 Å². The number of amides is 1. The number of piperazine rings is 1. The molecule has 1 amide bonds. The number of anilines is 1. The molecule has 0 unspecified atom stereocenters. The summed E-state index contributed by atoms with van der Waals surface area (Å²) in [6.07, 6.45) is 0.472. The van der Waals surface area contributed by atoms with Gasteiger partial charge in [0.2, 0.25) is 10.0 Å². The summed E-state index contributed by atoms with van der Waals surface area (Å²) < 4.78 is 46.0. The number of rotatable bonds is 4. The summed E-state index contributed by atoms with van der Waals surface area (Å²) in [4.78, 5) is 19.1. The fourth-order valence-corrected chi connectivity index (χ4v) is 6.74. The van der Waals surface area contributed by atoms with Gasteiger partial charge in [0.25, 0.3) is 9.70 Å². The summed E-state index contributed by atoms with van der Waals surface area (Å²) in [7, 11) is -2.33. The van der Waals surface area contributed by atoms with E-state index in [9.17, 15) is 17.6 Å². The van der Waals surface area contributed by atoms with Gasteiger partial charge in [-0.05, 0) is 48.4 Å². The minimum atomic E-state index is -3.84. The highest BCUT2D eigenvalue weighted by atomic mass is 35.6. The maximum Gasteiger partial charge on any atom is 0.274 e. The van der Waals surface area contributed by atoms with Gasteiger partial charge in [0, 0.05) is 49.3 Å². The predicted molar refractivity (Wildman–Crippen MR) is 142 cm³/mol. The van der Waals surface area contributed by atoms with Crippen molar-refractivity contribution in [1.82, 2.24) is 14.2 Å². The van der Waals surface area contributed by atoms with Crippen LogP contribution in [0.3, 0.4) is 0 Å². The third-order valence-corrected chi connectivity index (χ3v) is 9.17. The van der Waals surface area contributed by atoms with Crippen molar-refractivity contribution < 1.29 is 22.3 Å². The number of aromatic amines is 1. The van der Waals surface area contributed by atoms with E-state index in [1.165, 1.54) is 34.5 Å². The quantitative estimate of drug-likeness (QED) is 0.464. The molecule has 1 N–H and O–H groups in total. The largest absolute Gasteiger partial charge is 0.495 e. The van der Waals surface area contributed by atoms with E-state index in [0.29, 0.717) is 44.0 Å². The molecule has 5 rings (SSSR count). The summed E-state index contributed by atoms with van der Waals surface area (Å²) in [5.41, 5.74) is 3.09. The van der Waals surface area contributed by atoms with Crippen molar-refractivity contribution in [3.63, 3.8) is 0 Å². The molecule has 0 bridgehead atoms. The number of aromatic nitrogens is 1. The number of nitrogens with one attached hydrogen (secondary N) is 1. The first kappa shape index (κ1) is 26.4. The van der Waals surface area contributed by atoms with Gasteiger partial charge < -0.3 is 19.5 Å². The number of fused-ring (bicyclic) bond motifs is 3. The van der Waals surface area contributed by atoms with E-state index in [-0.39, 0.29) is 23.8 Å². The molecular weight excluding hydrogens is 566 g/mol. The molecule has 0 saturated carbocycles. The average molecular weight is 590 g/mol. The van der Waals surface area contributed by atoms with Gasteiger partial charge in [0.15, 0.2) is 0 Å². The highest BCUT2D eigenvalue weighted by Gasteiger charge is 2.37. The SMILES string of the molecule is COc1ccc(S(=O)(=O)N2CCc3c([nH]c4ccc(F)cc34)C2)cc1N1CCN(C(=O)C(Cl)(Cl)Cl)CC1. The van der Waals surface area contributed by atoms with Crippen LogP contribution in [-0.2, 0) is 27.8 Å². The number of carbonyl (C=O) groups excluding carboxylic acids is 1. The summed E-state index contributed by atoms with van der Waals surface area (Å²) in [6.45, 7) is 1.87. The molecular formula is C24H24Cl3FN4O4S. The Hall–Kier alpha value is -2.24. The normalized spacial score (nSPS) is 17.2. The number of methoxy groups -OCH3 is 1. The van der Waals surface area contributed by atoms with Crippen LogP contribution in [0.25, 0.3) is 10.9 Å². The van der Waals surface area contributed by atoms with Crippen LogP contribution in [0.2, 0.25) is 0 Å². The van der Waals surface area contributed by atoms with Gasteiger partial charge in [-0.1, -0.05) is 34.8 Å². The number of hydrogen-bond acceptors (Lipinski definition) is 5. The zero-order chi connectivity index (χ0) is 26.5. The van der Waals surface area contributed by atoms with Gasteiger partial charge >= 0.3 is 0 Å². The summed E-state index contributed by atoms with van der Waals surface area (Å²) in [5.74, 6) is -0.407. The zero-order valence-electron chi connectivity index (χ0n) is 19.8. The molecule has 8 nitrogen and oxygen atoms in total. The number of hydrogen-bond donors (Lipinski definition) is 1. The third-order valence-electron chi connectivity index (χ3n) is 6.84. The van der Waals surface area contributed by atoms with Crippen molar-refractivity contribution in [2.75, 3.05) is 44.7 Å². The Balaban J connectivity index is 1.38. The summed E-state index contributed by atoms with van der Waals surface area (Å²) >= 11 is 17.2. The molecule has 0 radical (unpaired) electrons. The number of benzene rings is 2. The zero-order valence-corrected chi connectivity index (χ0v) is 22.9. The first-order chi connectivity index (χ1) is 17.5. The van der Waals surface area contributed by atoms with Crippen LogP contribution in [-0.4, -0.2) is 72.1 Å². The van der Waals surface area contributed by atoms with Crippen molar-refractivity contribution in [3.8, 4) is 5.75 Å². The van der Waals surface area contributed by atoms with Gasteiger partial charge in [-0.3, -0.25) is 4.79 Å². The van der Waals surface area contributed by atoms with Gasteiger partial charge in [-0.25, -0.2) is 12.8 Å². The van der Waals surface area contributed by atoms with E-state index in [1.54, 1.807) is 18.2 Å². The molecule has 1 fully saturated rings. The Morgan fingerprint density at radius 1 is 1.05 bits per heavy atom. The number of ether oxygens (including phenoxy) is 1. The van der Waals surface area contributed by atoms with Crippen LogP contribution in [0.5, 0.6) is 5.75 Å². The molecule has 2 aliphatic rings. The number of carbonyl (C=O) groups is 1. The van der Waals surface area contributed by atoms with Crippen molar-refractivity contribution in [1.29, 1.82) is 0 Å². The molecule has 198 valence electrons. The monoisotopic (exact) mass is 588 g/mol. The second-order valence-electron chi connectivity index (χ2n) is 8.97. The number of halogens is 4. The minimum Gasteiger partial charge on any atom is -0.495 e. The lowest BCUT2D eigenvalue weighted by atomic mass is 10.0. The van der Waals surface area contributed by atoms with Crippen LogP contribution in [0.4, 0.5) is 10.1 Å². The van der Waals surface area contributed by atoms with Gasteiger partial charge in [0.05, 0.1) is 24.2 Å². The molecule has 3 aromatic rings. The van der Waals surface area contributed by atoms with Crippen LogP contribution in [0.1, 0.15) is 11.3 Å². The van der Waals surface area contributed by atoms with Gasteiger partial charge in [-0.15, -0.1) is 0 Å². The highest BCUT2D eigenvalue weighted by molar-refractivity contribution is 7.89. The molecule has 0 atom stereocenters. The van der Waals surface area contributed by atoms with Crippen molar-refractivity contribution in [2.24, 2.45) is 0 Å². The standard InChI is InChI=1S/C24H24Cl3FN4O4S/c1-36-22-5-3-16(13-21(22)30-8-10-31(11-9-30)23(33)24(25,26)27)37(34,35)32-7-6-17-18-12-15(28)2-4-19(18)29-20(17)14-32/h2-5,12-13,29H,6-11,14H2,1H3. The fourth-order valence-electron chi connectivity index (χ4n) is 4.95. The van der Waals surface area contributed by atoms with Crippen molar-refractivity contribution >= 4 is 67.3 Å². The van der Waals surface area contributed by atoms with Crippen LogP contribution >= 0.6 is 34.8 Å².